The summed E-state index contributed by atoms with van der Waals surface area (Å²) in [6.07, 6.45) is 11.5. The highest BCUT2D eigenvalue weighted by molar-refractivity contribution is 5.14. The Hall–Kier alpha value is -0.0400. The molecule has 4 bridgehead atoms. The third-order valence-corrected chi connectivity index (χ3v) is 7.55. The predicted molar refractivity (Wildman–Crippen MR) is 75.1 cm³/mol. The van der Waals surface area contributed by atoms with E-state index in [1.54, 1.807) is 6.42 Å². The Morgan fingerprint density at radius 2 is 1.89 bits per heavy atom. The molecule has 0 aromatic rings. The molecule has 0 heterocycles. The van der Waals surface area contributed by atoms with Gasteiger partial charge in [0, 0.05) is 5.54 Å². The number of hydrogen-bond acceptors (Lipinski definition) is 1. The van der Waals surface area contributed by atoms with Crippen molar-refractivity contribution in [3.05, 3.63) is 0 Å². The maximum Gasteiger partial charge on any atom is 0.0165 e. The van der Waals surface area contributed by atoms with Crippen molar-refractivity contribution in [3.8, 4) is 0 Å². The van der Waals surface area contributed by atoms with Crippen molar-refractivity contribution in [1.29, 1.82) is 0 Å². The van der Waals surface area contributed by atoms with E-state index in [2.05, 4.69) is 13.8 Å². The fraction of sp³-hybridized carbons (Fsp3) is 1.00. The Morgan fingerprint density at radius 1 is 1.11 bits per heavy atom. The molecule has 1 nitrogen and oxygen atoms in total. The van der Waals surface area contributed by atoms with Crippen LogP contribution in [0.15, 0.2) is 0 Å². The van der Waals surface area contributed by atoms with Crippen LogP contribution < -0.4 is 5.73 Å². The summed E-state index contributed by atoms with van der Waals surface area (Å²) in [6, 6.07) is 0. The highest BCUT2D eigenvalue weighted by Gasteiger charge is 2.62. The number of nitrogens with two attached hydrogens (primary N) is 1. The second-order valence-electron chi connectivity index (χ2n) is 8.51. The molecule has 4 saturated carbocycles. The van der Waals surface area contributed by atoms with Gasteiger partial charge in [0.15, 0.2) is 0 Å². The van der Waals surface area contributed by atoms with E-state index in [1.807, 2.05) is 0 Å². The summed E-state index contributed by atoms with van der Waals surface area (Å²) in [6.45, 7) is 5.03. The summed E-state index contributed by atoms with van der Waals surface area (Å²) in [7, 11) is 0. The molecule has 0 spiro atoms. The average molecular weight is 247 g/mol. The minimum atomic E-state index is 0.206. The first kappa shape index (κ1) is 11.8. The largest absolute Gasteiger partial charge is 0.325 e. The maximum atomic E-state index is 6.84. The SMILES string of the molecule is CCC1CC2(N)CC3CCC4CC1C(C)(C2)C3C4. The molecule has 18 heavy (non-hydrogen) atoms. The van der Waals surface area contributed by atoms with Crippen LogP contribution in [0.4, 0.5) is 0 Å². The Morgan fingerprint density at radius 3 is 2.67 bits per heavy atom. The normalized spacial score (nSPS) is 61.8. The van der Waals surface area contributed by atoms with Crippen LogP contribution >= 0.6 is 0 Å². The molecule has 2 N–H and O–H groups in total. The zero-order chi connectivity index (χ0) is 12.5. The quantitative estimate of drug-likeness (QED) is 0.745. The highest BCUT2D eigenvalue weighted by Crippen LogP contribution is 2.68. The number of hydrogen-bond donors (Lipinski definition) is 1. The van der Waals surface area contributed by atoms with Crippen molar-refractivity contribution in [2.75, 3.05) is 0 Å². The molecule has 4 aliphatic carbocycles. The molecule has 0 saturated heterocycles. The standard InChI is InChI=1S/C17H29N/c1-3-12-8-17(18)9-13-5-4-11-6-14(12)16(2,10-17)15(13)7-11/h11-15H,3-10,18H2,1-2H3. The van der Waals surface area contributed by atoms with Crippen LogP contribution in [0.3, 0.4) is 0 Å². The molecule has 7 atom stereocenters. The lowest BCUT2D eigenvalue weighted by molar-refractivity contribution is -0.161. The van der Waals surface area contributed by atoms with E-state index in [9.17, 15) is 0 Å². The van der Waals surface area contributed by atoms with Crippen LogP contribution in [-0.2, 0) is 0 Å². The van der Waals surface area contributed by atoms with Crippen molar-refractivity contribution in [2.24, 2.45) is 40.7 Å². The van der Waals surface area contributed by atoms with Crippen LogP contribution in [0.2, 0.25) is 0 Å². The van der Waals surface area contributed by atoms with Gasteiger partial charge in [-0.2, -0.15) is 0 Å². The molecule has 1 heteroatoms. The van der Waals surface area contributed by atoms with Gasteiger partial charge in [0.25, 0.3) is 0 Å². The van der Waals surface area contributed by atoms with E-state index in [-0.39, 0.29) is 5.54 Å². The summed E-state index contributed by atoms with van der Waals surface area (Å²) < 4.78 is 0. The van der Waals surface area contributed by atoms with Gasteiger partial charge in [-0.3, -0.25) is 0 Å². The van der Waals surface area contributed by atoms with Crippen LogP contribution in [0.5, 0.6) is 0 Å². The fourth-order valence-corrected chi connectivity index (χ4v) is 7.08. The van der Waals surface area contributed by atoms with Gasteiger partial charge in [-0.05, 0) is 73.5 Å². The minimum Gasteiger partial charge on any atom is -0.325 e. The van der Waals surface area contributed by atoms with Gasteiger partial charge in [0.2, 0.25) is 0 Å². The van der Waals surface area contributed by atoms with E-state index >= 15 is 0 Å². The van der Waals surface area contributed by atoms with Crippen molar-refractivity contribution < 1.29 is 0 Å². The van der Waals surface area contributed by atoms with Crippen molar-refractivity contribution >= 4 is 0 Å². The molecule has 4 rings (SSSR count). The van der Waals surface area contributed by atoms with Crippen LogP contribution in [0.1, 0.15) is 65.2 Å². The summed E-state index contributed by atoms with van der Waals surface area (Å²) in [5, 5.41) is 0. The first-order valence-corrected chi connectivity index (χ1v) is 8.33. The van der Waals surface area contributed by atoms with Gasteiger partial charge in [-0.1, -0.05) is 26.7 Å². The van der Waals surface area contributed by atoms with Gasteiger partial charge in [0.1, 0.15) is 0 Å². The summed E-state index contributed by atoms with van der Waals surface area (Å²) in [4.78, 5) is 0. The van der Waals surface area contributed by atoms with Crippen molar-refractivity contribution in [2.45, 2.75) is 70.8 Å². The predicted octanol–water partition coefficient (Wildman–Crippen LogP) is 3.97. The molecular formula is C17H29N. The lowest BCUT2D eigenvalue weighted by Crippen LogP contribution is -2.65. The molecule has 102 valence electrons. The van der Waals surface area contributed by atoms with Crippen LogP contribution in [-0.4, -0.2) is 5.54 Å². The van der Waals surface area contributed by atoms with E-state index in [0.717, 1.165) is 29.6 Å². The summed E-state index contributed by atoms with van der Waals surface area (Å²) >= 11 is 0. The molecule has 7 unspecified atom stereocenters. The smallest absolute Gasteiger partial charge is 0.0165 e. The van der Waals surface area contributed by atoms with E-state index in [0.29, 0.717) is 5.41 Å². The average Bonchev–Trinajstić information content (AvgIpc) is 2.34. The Labute approximate surface area is 112 Å². The molecule has 4 aliphatic rings. The zero-order valence-corrected chi connectivity index (χ0v) is 12.1. The zero-order valence-electron chi connectivity index (χ0n) is 12.1. The van der Waals surface area contributed by atoms with Crippen molar-refractivity contribution in [1.82, 2.24) is 0 Å². The first-order valence-electron chi connectivity index (χ1n) is 8.33. The minimum absolute atomic E-state index is 0.206. The lowest BCUT2D eigenvalue weighted by Gasteiger charge is -2.67. The summed E-state index contributed by atoms with van der Waals surface area (Å²) in [5.41, 5.74) is 7.65. The molecule has 0 aromatic carbocycles. The Balaban J connectivity index is 1.79. The van der Waals surface area contributed by atoms with Gasteiger partial charge in [-0.25, -0.2) is 0 Å². The topological polar surface area (TPSA) is 26.0 Å². The maximum absolute atomic E-state index is 6.84. The monoisotopic (exact) mass is 247 g/mol. The molecule has 0 aliphatic heterocycles. The lowest BCUT2D eigenvalue weighted by atomic mass is 9.39. The van der Waals surface area contributed by atoms with Gasteiger partial charge < -0.3 is 5.73 Å². The van der Waals surface area contributed by atoms with Crippen LogP contribution in [0, 0.1) is 35.0 Å². The molecular weight excluding hydrogens is 218 g/mol. The Bertz CT molecular complexity index is 361. The van der Waals surface area contributed by atoms with Gasteiger partial charge in [0.05, 0.1) is 0 Å². The fourth-order valence-electron chi connectivity index (χ4n) is 7.08. The molecule has 0 amide bonds. The second kappa shape index (κ2) is 3.53. The van der Waals surface area contributed by atoms with Crippen molar-refractivity contribution in [3.63, 3.8) is 0 Å². The van der Waals surface area contributed by atoms with E-state index in [4.69, 9.17) is 5.73 Å². The van der Waals surface area contributed by atoms with E-state index in [1.165, 1.54) is 44.9 Å². The third-order valence-electron chi connectivity index (χ3n) is 7.55. The molecule has 0 aromatic heterocycles. The van der Waals surface area contributed by atoms with Crippen LogP contribution in [0.25, 0.3) is 0 Å². The summed E-state index contributed by atoms with van der Waals surface area (Å²) in [5.74, 6) is 5.01. The first-order chi connectivity index (χ1) is 8.54. The highest BCUT2D eigenvalue weighted by atomic mass is 14.8. The molecule has 0 radical (unpaired) electrons. The van der Waals surface area contributed by atoms with Gasteiger partial charge in [-0.15, -0.1) is 0 Å². The Kier molecular flexibility index (Phi) is 2.31. The third kappa shape index (κ3) is 1.38. The number of fused-ring (bicyclic) bond motifs is 2. The van der Waals surface area contributed by atoms with E-state index < -0.39 is 0 Å². The number of rotatable bonds is 1. The molecule has 4 fully saturated rings. The van der Waals surface area contributed by atoms with Gasteiger partial charge >= 0.3 is 0 Å². The second-order valence-corrected chi connectivity index (χ2v) is 8.51.